The molecule has 1 heterocycles. The predicted molar refractivity (Wildman–Crippen MR) is 81.6 cm³/mol. The summed E-state index contributed by atoms with van der Waals surface area (Å²) in [5.74, 6) is -0.216. The van der Waals surface area contributed by atoms with Gasteiger partial charge in [-0.05, 0) is 29.8 Å². The van der Waals surface area contributed by atoms with Gasteiger partial charge in [-0.1, -0.05) is 41.4 Å². The maximum Gasteiger partial charge on any atom is 0.244 e. The highest BCUT2D eigenvalue weighted by Gasteiger charge is 2.02. The molecule has 2 rings (SSSR count). The number of hydrogen-bond acceptors (Lipinski definition) is 2. The van der Waals surface area contributed by atoms with Crippen LogP contribution in [0.4, 0.5) is 0 Å². The summed E-state index contributed by atoms with van der Waals surface area (Å²) in [5.41, 5.74) is 1.50. The van der Waals surface area contributed by atoms with E-state index in [1.807, 2.05) is 18.2 Å². The van der Waals surface area contributed by atoms with E-state index in [1.165, 1.54) is 6.08 Å². The third-order valence-electron chi connectivity index (χ3n) is 2.57. The summed E-state index contributed by atoms with van der Waals surface area (Å²) < 4.78 is 0. The lowest BCUT2D eigenvalue weighted by atomic mass is 10.2. The van der Waals surface area contributed by atoms with E-state index in [9.17, 15) is 4.79 Å². The second-order valence-corrected chi connectivity index (χ2v) is 4.80. The third kappa shape index (κ3) is 4.08. The van der Waals surface area contributed by atoms with E-state index in [0.29, 0.717) is 22.2 Å². The monoisotopic (exact) mass is 306 g/mol. The molecule has 0 saturated carbocycles. The van der Waals surface area contributed by atoms with Crippen LogP contribution < -0.4 is 5.32 Å². The fraction of sp³-hybridized carbons (Fsp3) is 0.0667. The Balaban J connectivity index is 1.94. The van der Waals surface area contributed by atoms with Crippen molar-refractivity contribution in [2.24, 2.45) is 0 Å². The summed E-state index contributed by atoms with van der Waals surface area (Å²) in [5, 5.41) is 3.63. The van der Waals surface area contributed by atoms with E-state index in [1.54, 1.807) is 30.5 Å². The molecule has 102 valence electrons. The van der Waals surface area contributed by atoms with E-state index in [0.717, 1.165) is 5.69 Å². The first kappa shape index (κ1) is 14.6. The van der Waals surface area contributed by atoms with Crippen LogP contribution in [0.5, 0.6) is 0 Å². The van der Waals surface area contributed by atoms with Crippen LogP contribution in [0, 0.1) is 0 Å². The zero-order valence-corrected chi connectivity index (χ0v) is 12.0. The van der Waals surface area contributed by atoms with Crippen LogP contribution in [0.1, 0.15) is 11.3 Å². The highest BCUT2D eigenvalue weighted by atomic mass is 35.5. The van der Waals surface area contributed by atoms with Crippen LogP contribution in [0.3, 0.4) is 0 Å². The minimum atomic E-state index is -0.216. The van der Waals surface area contributed by atoms with Crippen molar-refractivity contribution in [2.75, 3.05) is 0 Å². The lowest BCUT2D eigenvalue weighted by Crippen LogP contribution is -2.20. The number of nitrogens with zero attached hydrogens (tertiary/aromatic N) is 1. The molecule has 0 spiro atoms. The van der Waals surface area contributed by atoms with Crippen LogP contribution in [0.2, 0.25) is 10.0 Å². The molecule has 0 aliphatic rings. The molecule has 0 radical (unpaired) electrons. The quantitative estimate of drug-likeness (QED) is 0.875. The SMILES string of the molecule is O=C(/C=C/c1cccc(Cl)c1Cl)NCc1ccccn1. The Morgan fingerprint density at radius 3 is 2.80 bits per heavy atom. The van der Waals surface area contributed by atoms with Gasteiger partial charge < -0.3 is 5.32 Å². The van der Waals surface area contributed by atoms with Gasteiger partial charge in [0, 0.05) is 12.3 Å². The molecule has 0 saturated heterocycles. The van der Waals surface area contributed by atoms with Gasteiger partial charge in [-0.2, -0.15) is 0 Å². The van der Waals surface area contributed by atoms with Gasteiger partial charge in [-0.15, -0.1) is 0 Å². The third-order valence-corrected chi connectivity index (χ3v) is 3.40. The number of carbonyl (C=O) groups excluding carboxylic acids is 1. The Labute approximate surface area is 127 Å². The number of carbonyl (C=O) groups is 1. The molecule has 1 N–H and O–H groups in total. The minimum Gasteiger partial charge on any atom is -0.347 e. The lowest BCUT2D eigenvalue weighted by Gasteiger charge is -2.02. The van der Waals surface area contributed by atoms with Crippen molar-refractivity contribution in [2.45, 2.75) is 6.54 Å². The predicted octanol–water partition coefficient (Wildman–Crippen LogP) is 3.72. The smallest absolute Gasteiger partial charge is 0.244 e. The first-order valence-corrected chi connectivity index (χ1v) is 6.72. The highest BCUT2D eigenvalue weighted by Crippen LogP contribution is 2.26. The molecule has 1 amide bonds. The number of halogens is 2. The molecule has 0 fully saturated rings. The molecule has 1 aromatic heterocycles. The van der Waals surface area contributed by atoms with Gasteiger partial charge in [0.2, 0.25) is 5.91 Å². The number of rotatable bonds is 4. The van der Waals surface area contributed by atoms with Crippen molar-refractivity contribution < 1.29 is 4.79 Å². The highest BCUT2D eigenvalue weighted by molar-refractivity contribution is 6.42. The molecular weight excluding hydrogens is 295 g/mol. The summed E-state index contributed by atoms with van der Waals surface area (Å²) in [4.78, 5) is 15.8. The Morgan fingerprint density at radius 1 is 1.20 bits per heavy atom. The van der Waals surface area contributed by atoms with Crippen molar-refractivity contribution in [3.05, 3.63) is 70.0 Å². The number of hydrogen-bond donors (Lipinski definition) is 1. The fourth-order valence-corrected chi connectivity index (χ4v) is 1.92. The largest absolute Gasteiger partial charge is 0.347 e. The Morgan fingerprint density at radius 2 is 2.05 bits per heavy atom. The lowest BCUT2D eigenvalue weighted by molar-refractivity contribution is -0.116. The molecule has 0 atom stereocenters. The Hall–Kier alpha value is -1.84. The normalized spacial score (nSPS) is 10.7. The molecule has 0 aliphatic heterocycles. The number of benzene rings is 1. The van der Waals surface area contributed by atoms with E-state index >= 15 is 0 Å². The van der Waals surface area contributed by atoms with E-state index < -0.39 is 0 Å². The maximum atomic E-state index is 11.7. The molecule has 0 unspecified atom stereocenters. The first-order chi connectivity index (χ1) is 9.66. The molecular formula is C15H12Cl2N2O. The van der Waals surface area contributed by atoms with Gasteiger partial charge in [0.05, 0.1) is 22.3 Å². The van der Waals surface area contributed by atoms with Gasteiger partial charge in [0.25, 0.3) is 0 Å². The van der Waals surface area contributed by atoms with Crippen molar-refractivity contribution in [3.63, 3.8) is 0 Å². The van der Waals surface area contributed by atoms with Gasteiger partial charge in [-0.3, -0.25) is 9.78 Å². The second-order valence-electron chi connectivity index (χ2n) is 4.02. The minimum absolute atomic E-state index is 0.216. The topological polar surface area (TPSA) is 42.0 Å². The molecule has 3 nitrogen and oxygen atoms in total. The summed E-state index contributed by atoms with van der Waals surface area (Å²) >= 11 is 11.9. The van der Waals surface area contributed by atoms with Crippen LogP contribution >= 0.6 is 23.2 Å². The van der Waals surface area contributed by atoms with Crippen molar-refractivity contribution in [1.82, 2.24) is 10.3 Å². The maximum absolute atomic E-state index is 11.7. The second kappa shape index (κ2) is 7.08. The van der Waals surface area contributed by atoms with E-state index in [4.69, 9.17) is 23.2 Å². The number of pyridine rings is 1. The van der Waals surface area contributed by atoms with Gasteiger partial charge in [0.15, 0.2) is 0 Å². The molecule has 5 heteroatoms. The molecule has 0 bridgehead atoms. The number of nitrogens with one attached hydrogen (secondary N) is 1. The van der Waals surface area contributed by atoms with Crippen LogP contribution in [-0.4, -0.2) is 10.9 Å². The Kier molecular flexibility index (Phi) is 5.16. The average molecular weight is 307 g/mol. The molecule has 1 aromatic carbocycles. The summed E-state index contributed by atoms with van der Waals surface area (Å²) in [6.07, 6.45) is 4.73. The first-order valence-electron chi connectivity index (χ1n) is 5.96. The molecule has 2 aromatic rings. The van der Waals surface area contributed by atoms with Crippen molar-refractivity contribution in [1.29, 1.82) is 0 Å². The molecule has 20 heavy (non-hydrogen) atoms. The Bertz CT molecular complexity index is 627. The van der Waals surface area contributed by atoms with Crippen LogP contribution in [0.25, 0.3) is 6.08 Å². The van der Waals surface area contributed by atoms with Gasteiger partial charge in [-0.25, -0.2) is 0 Å². The van der Waals surface area contributed by atoms with E-state index in [2.05, 4.69) is 10.3 Å². The zero-order valence-electron chi connectivity index (χ0n) is 10.5. The van der Waals surface area contributed by atoms with Crippen LogP contribution in [0.15, 0.2) is 48.7 Å². The van der Waals surface area contributed by atoms with Crippen molar-refractivity contribution >= 4 is 35.2 Å². The summed E-state index contributed by atoms with van der Waals surface area (Å²) in [7, 11) is 0. The van der Waals surface area contributed by atoms with Crippen molar-refractivity contribution in [3.8, 4) is 0 Å². The van der Waals surface area contributed by atoms with Gasteiger partial charge >= 0.3 is 0 Å². The standard InChI is InChI=1S/C15H12Cl2N2O/c16-13-6-3-4-11(15(13)17)7-8-14(20)19-10-12-5-1-2-9-18-12/h1-9H,10H2,(H,19,20)/b8-7+. The average Bonchev–Trinajstić information content (AvgIpc) is 2.48. The number of amides is 1. The van der Waals surface area contributed by atoms with E-state index in [-0.39, 0.29) is 5.91 Å². The summed E-state index contributed by atoms with van der Waals surface area (Å²) in [6.45, 7) is 0.382. The molecule has 0 aliphatic carbocycles. The fourth-order valence-electron chi connectivity index (χ4n) is 1.55. The zero-order chi connectivity index (χ0) is 14.4. The van der Waals surface area contributed by atoms with Crippen LogP contribution in [-0.2, 0) is 11.3 Å². The van der Waals surface area contributed by atoms with Gasteiger partial charge in [0.1, 0.15) is 0 Å². The summed E-state index contributed by atoms with van der Waals surface area (Å²) in [6, 6.07) is 10.8. The number of aromatic nitrogens is 1.